The number of benzene rings is 2. The summed E-state index contributed by atoms with van der Waals surface area (Å²) in [6, 6.07) is 11.4. The summed E-state index contributed by atoms with van der Waals surface area (Å²) in [6.07, 6.45) is 0. The third-order valence-electron chi connectivity index (χ3n) is 3.23. The number of phenols is 3. The second-order valence-corrected chi connectivity index (χ2v) is 4.84. The summed E-state index contributed by atoms with van der Waals surface area (Å²) in [5, 5.41) is 29.2. The molecule has 0 bridgehead atoms. The molecule has 0 aliphatic rings. The molecule has 2 aromatic carbocycles. The molecule has 94 valence electrons. The Labute approximate surface area is 106 Å². The SMILES string of the molecule is CC(C)(c1ccc(O)cc1)c1c(O)cccc1O. The van der Waals surface area contributed by atoms with E-state index in [-0.39, 0.29) is 17.2 Å². The average molecular weight is 244 g/mol. The van der Waals surface area contributed by atoms with Crippen LogP contribution in [0.5, 0.6) is 17.2 Å². The fourth-order valence-electron chi connectivity index (χ4n) is 2.19. The molecule has 2 aromatic rings. The van der Waals surface area contributed by atoms with Gasteiger partial charge in [-0.25, -0.2) is 0 Å². The highest BCUT2D eigenvalue weighted by atomic mass is 16.3. The van der Waals surface area contributed by atoms with Gasteiger partial charge in [-0.3, -0.25) is 0 Å². The Bertz CT molecular complexity index is 536. The summed E-state index contributed by atoms with van der Waals surface area (Å²) < 4.78 is 0. The Morgan fingerprint density at radius 1 is 0.778 bits per heavy atom. The molecule has 0 aromatic heterocycles. The molecule has 0 aliphatic carbocycles. The van der Waals surface area contributed by atoms with E-state index in [9.17, 15) is 15.3 Å². The van der Waals surface area contributed by atoms with Crippen molar-refractivity contribution in [3.8, 4) is 17.2 Å². The van der Waals surface area contributed by atoms with Gasteiger partial charge in [0.2, 0.25) is 0 Å². The predicted molar refractivity (Wildman–Crippen MR) is 70.0 cm³/mol. The van der Waals surface area contributed by atoms with Crippen molar-refractivity contribution in [3.05, 3.63) is 53.6 Å². The van der Waals surface area contributed by atoms with Gasteiger partial charge in [-0.15, -0.1) is 0 Å². The van der Waals surface area contributed by atoms with Crippen LogP contribution >= 0.6 is 0 Å². The zero-order valence-corrected chi connectivity index (χ0v) is 10.4. The van der Waals surface area contributed by atoms with E-state index >= 15 is 0 Å². The lowest BCUT2D eigenvalue weighted by atomic mass is 9.77. The van der Waals surface area contributed by atoms with Crippen molar-refractivity contribution >= 4 is 0 Å². The molecule has 0 atom stereocenters. The Hall–Kier alpha value is -2.16. The van der Waals surface area contributed by atoms with E-state index in [1.54, 1.807) is 42.5 Å². The van der Waals surface area contributed by atoms with E-state index < -0.39 is 5.41 Å². The summed E-state index contributed by atoms with van der Waals surface area (Å²) in [5.41, 5.74) is 0.830. The zero-order valence-electron chi connectivity index (χ0n) is 10.4. The first-order valence-electron chi connectivity index (χ1n) is 5.74. The van der Waals surface area contributed by atoms with Gasteiger partial charge in [0, 0.05) is 11.0 Å². The number of aromatic hydroxyl groups is 3. The predicted octanol–water partition coefficient (Wildman–Crippen LogP) is 3.13. The monoisotopic (exact) mass is 244 g/mol. The Balaban J connectivity index is 2.57. The molecule has 3 N–H and O–H groups in total. The van der Waals surface area contributed by atoms with Crippen molar-refractivity contribution in [2.24, 2.45) is 0 Å². The lowest BCUT2D eigenvalue weighted by Crippen LogP contribution is -2.19. The zero-order chi connectivity index (χ0) is 13.3. The van der Waals surface area contributed by atoms with E-state index in [2.05, 4.69) is 0 Å². The summed E-state index contributed by atoms with van der Waals surface area (Å²) in [6.45, 7) is 3.82. The fraction of sp³-hybridized carbons (Fsp3) is 0.200. The molecular weight excluding hydrogens is 228 g/mol. The van der Waals surface area contributed by atoms with Crippen LogP contribution < -0.4 is 0 Å². The van der Waals surface area contributed by atoms with Gasteiger partial charge < -0.3 is 15.3 Å². The highest BCUT2D eigenvalue weighted by molar-refractivity contribution is 5.52. The van der Waals surface area contributed by atoms with Gasteiger partial charge in [0.15, 0.2) is 0 Å². The van der Waals surface area contributed by atoms with Gasteiger partial charge in [0.05, 0.1) is 0 Å². The van der Waals surface area contributed by atoms with Gasteiger partial charge >= 0.3 is 0 Å². The lowest BCUT2D eigenvalue weighted by Gasteiger charge is -2.27. The van der Waals surface area contributed by atoms with Gasteiger partial charge in [-0.1, -0.05) is 32.0 Å². The molecule has 2 rings (SSSR count). The maximum absolute atomic E-state index is 9.93. The molecule has 0 aliphatic heterocycles. The topological polar surface area (TPSA) is 60.7 Å². The van der Waals surface area contributed by atoms with Crippen molar-refractivity contribution in [1.82, 2.24) is 0 Å². The van der Waals surface area contributed by atoms with Crippen LogP contribution in [0.2, 0.25) is 0 Å². The second kappa shape index (κ2) is 4.26. The van der Waals surface area contributed by atoms with Crippen LogP contribution in [0, 0.1) is 0 Å². The molecule has 0 amide bonds. The molecule has 0 saturated carbocycles. The molecule has 0 heterocycles. The third-order valence-corrected chi connectivity index (χ3v) is 3.23. The Morgan fingerprint density at radius 3 is 1.78 bits per heavy atom. The smallest absolute Gasteiger partial charge is 0.123 e. The molecule has 18 heavy (non-hydrogen) atoms. The van der Waals surface area contributed by atoms with Crippen molar-refractivity contribution in [3.63, 3.8) is 0 Å². The highest BCUT2D eigenvalue weighted by Crippen LogP contribution is 2.42. The van der Waals surface area contributed by atoms with Crippen LogP contribution in [0.25, 0.3) is 0 Å². The molecule has 3 heteroatoms. The highest BCUT2D eigenvalue weighted by Gasteiger charge is 2.29. The minimum Gasteiger partial charge on any atom is -0.508 e. The van der Waals surface area contributed by atoms with E-state index in [1.165, 1.54) is 0 Å². The maximum Gasteiger partial charge on any atom is 0.123 e. The normalized spacial score (nSPS) is 11.4. The minimum atomic E-state index is -0.552. The Morgan fingerprint density at radius 2 is 1.28 bits per heavy atom. The van der Waals surface area contributed by atoms with Crippen LogP contribution in [-0.2, 0) is 5.41 Å². The van der Waals surface area contributed by atoms with Crippen molar-refractivity contribution in [1.29, 1.82) is 0 Å². The standard InChI is InChI=1S/C15H16O3/c1-15(2,10-6-8-11(16)9-7-10)14-12(17)4-3-5-13(14)18/h3-9,16-18H,1-2H3. The van der Waals surface area contributed by atoms with E-state index in [0.717, 1.165) is 5.56 Å². The molecular formula is C15H16O3. The van der Waals surface area contributed by atoms with Crippen LogP contribution in [0.4, 0.5) is 0 Å². The largest absolute Gasteiger partial charge is 0.508 e. The van der Waals surface area contributed by atoms with E-state index in [0.29, 0.717) is 5.56 Å². The first-order valence-corrected chi connectivity index (χ1v) is 5.74. The summed E-state index contributed by atoms with van der Waals surface area (Å²) >= 11 is 0. The third kappa shape index (κ3) is 1.99. The molecule has 3 nitrogen and oxygen atoms in total. The number of phenolic OH excluding ortho intramolecular Hbond substituents is 3. The summed E-state index contributed by atoms with van der Waals surface area (Å²) in [5.74, 6) is 0.317. The van der Waals surface area contributed by atoms with Crippen LogP contribution in [0.1, 0.15) is 25.0 Å². The van der Waals surface area contributed by atoms with Crippen LogP contribution in [-0.4, -0.2) is 15.3 Å². The van der Waals surface area contributed by atoms with E-state index in [4.69, 9.17) is 0 Å². The van der Waals surface area contributed by atoms with Crippen molar-refractivity contribution < 1.29 is 15.3 Å². The molecule has 0 fully saturated rings. The number of hydrogen-bond donors (Lipinski definition) is 3. The fourth-order valence-corrected chi connectivity index (χ4v) is 2.19. The quantitative estimate of drug-likeness (QED) is 0.760. The lowest BCUT2D eigenvalue weighted by molar-refractivity contribution is 0.417. The maximum atomic E-state index is 9.93. The van der Waals surface area contributed by atoms with Gasteiger partial charge in [-0.05, 0) is 29.8 Å². The van der Waals surface area contributed by atoms with Crippen LogP contribution in [0.3, 0.4) is 0 Å². The summed E-state index contributed by atoms with van der Waals surface area (Å²) in [4.78, 5) is 0. The first kappa shape index (κ1) is 12.3. The van der Waals surface area contributed by atoms with Crippen molar-refractivity contribution in [2.45, 2.75) is 19.3 Å². The summed E-state index contributed by atoms with van der Waals surface area (Å²) in [7, 11) is 0. The molecule has 0 radical (unpaired) electrons. The minimum absolute atomic E-state index is 0.0630. The van der Waals surface area contributed by atoms with Crippen LogP contribution in [0.15, 0.2) is 42.5 Å². The van der Waals surface area contributed by atoms with Gasteiger partial charge in [0.1, 0.15) is 17.2 Å². The Kier molecular flexibility index (Phi) is 2.91. The first-order chi connectivity index (χ1) is 8.43. The molecule has 0 unspecified atom stereocenters. The van der Waals surface area contributed by atoms with Gasteiger partial charge in [-0.2, -0.15) is 0 Å². The number of rotatable bonds is 2. The second-order valence-electron chi connectivity index (χ2n) is 4.84. The van der Waals surface area contributed by atoms with Gasteiger partial charge in [0.25, 0.3) is 0 Å². The molecule has 0 saturated heterocycles. The average Bonchev–Trinajstić information content (AvgIpc) is 2.29. The van der Waals surface area contributed by atoms with Crippen molar-refractivity contribution in [2.75, 3.05) is 0 Å². The van der Waals surface area contributed by atoms with E-state index in [1.807, 2.05) is 13.8 Å². The number of hydrogen-bond acceptors (Lipinski definition) is 3. The molecule has 0 spiro atoms.